The Hall–Kier alpha value is -2.47. The van der Waals surface area contributed by atoms with Crippen LogP contribution in [0.5, 0.6) is 0 Å². The van der Waals surface area contributed by atoms with Crippen LogP contribution in [0.1, 0.15) is 28.0 Å². The molecule has 2 N–H and O–H groups in total. The predicted molar refractivity (Wildman–Crippen MR) is 90.8 cm³/mol. The van der Waals surface area contributed by atoms with Gasteiger partial charge in [-0.1, -0.05) is 11.6 Å². The van der Waals surface area contributed by atoms with E-state index in [4.69, 9.17) is 0 Å². The van der Waals surface area contributed by atoms with Crippen LogP contribution in [0.4, 0.5) is 0 Å². The number of fused-ring (bicyclic) bond motifs is 1. The molecule has 0 spiro atoms. The molecule has 0 saturated carbocycles. The molecule has 1 saturated heterocycles. The van der Waals surface area contributed by atoms with Crippen molar-refractivity contribution in [3.8, 4) is 0 Å². The molecule has 1 atom stereocenters. The van der Waals surface area contributed by atoms with Crippen molar-refractivity contribution in [1.82, 2.24) is 15.2 Å². The van der Waals surface area contributed by atoms with Gasteiger partial charge in [0.25, 0.3) is 5.91 Å². The van der Waals surface area contributed by atoms with E-state index < -0.39 is 6.04 Å². The maximum atomic E-state index is 13.1. The van der Waals surface area contributed by atoms with Crippen LogP contribution in [0, 0.1) is 13.8 Å². The maximum Gasteiger partial charge on any atom is 0.255 e. The number of aromatic nitrogens is 1. The Kier molecular flexibility index (Phi) is 4.49. The summed E-state index contributed by atoms with van der Waals surface area (Å²) in [6, 6.07) is 6.95. The van der Waals surface area contributed by atoms with Gasteiger partial charge in [-0.2, -0.15) is 0 Å². The molecule has 0 unspecified atom stereocenters. The van der Waals surface area contributed by atoms with Crippen LogP contribution in [0.3, 0.4) is 0 Å². The number of amides is 2. The minimum atomic E-state index is -0.635. The van der Waals surface area contributed by atoms with Crippen molar-refractivity contribution in [1.29, 1.82) is 0 Å². The second-order valence-electron chi connectivity index (χ2n) is 6.15. The fourth-order valence-corrected chi connectivity index (χ4v) is 3.17. The van der Waals surface area contributed by atoms with Gasteiger partial charge in [-0.15, -0.1) is 0 Å². The average Bonchev–Trinajstić information content (AvgIpc) is 2.56. The summed E-state index contributed by atoms with van der Waals surface area (Å²) >= 11 is 0. The number of aliphatic hydroxyl groups excluding tert-OH is 1. The number of pyridine rings is 1. The van der Waals surface area contributed by atoms with Gasteiger partial charge < -0.3 is 15.3 Å². The lowest BCUT2D eigenvalue weighted by molar-refractivity contribution is -0.128. The second kappa shape index (κ2) is 6.57. The summed E-state index contributed by atoms with van der Waals surface area (Å²) in [5, 5.41) is 12.8. The first-order chi connectivity index (χ1) is 11.5. The highest BCUT2D eigenvalue weighted by atomic mass is 16.3. The van der Waals surface area contributed by atoms with Gasteiger partial charge in [-0.05, 0) is 38.5 Å². The SMILES string of the molecule is Cc1ccc2nc(C)cc(C(=O)N3CCNC(=O)[C@@H]3CCO)c2c1. The van der Waals surface area contributed by atoms with Gasteiger partial charge in [0.05, 0.1) is 11.1 Å². The fourth-order valence-electron chi connectivity index (χ4n) is 3.17. The number of carbonyl (C=O) groups is 2. The highest BCUT2D eigenvalue weighted by molar-refractivity contribution is 6.07. The highest BCUT2D eigenvalue weighted by Crippen LogP contribution is 2.23. The van der Waals surface area contributed by atoms with Crippen molar-refractivity contribution in [3.05, 3.63) is 41.1 Å². The van der Waals surface area contributed by atoms with Crippen LogP contribution in [0.2, 0.25) is 0 Å². The lowest BCUT2D eigenvalue weighted by Gasteiger charge is -2.35. The molecule has 1 aliphatic heterocycles. The lowest BCUT2D eigenvalue weighted by Crippen LogP contribution is -2.57. The topological polar surface area (TPSA) is 82.5 Å². The number of carbonyl (C=O) groups excluding carboxylic acids is 2. The molecule has 3 rings (SSSR count). The number of piperazine rings is 1. The summed E-state index contributed by atoms with van der Waals surface area (Å²) < 4.78 is 0. The number of rotatable bonds is 3. The molecule has 1 aromatic carbocycles. The molecular weight excluding hydrogens is 306 g/mol. The molecule has 0 bridgehead atoms. The van der Waals surface area contributed by atoms with E-state index in [-0.39, 0.29) is 24.8 Å². The van der Waals surface area contributed by atoms with Crippen molar-refractivity contribution in [3.63, 3.8) is 0 Å². The maximum absolute atomic E-state index is 13.1. The molecule has 2 amide bonds. The third kappa shape index (κ3) is 2.97. The van der Waals surface area contributed by atoms with Crippen molar-refractivity contribution >= 4 is 22.7 Å². The molecule has 24 heavy (non-hydrogen) atoms. The summed E-state index contributed by atoms with van der Waals surface area (Å²) in [5.41, 5.74) is 3.13. The van der Waals surface area contributed by atoms with Gasteiger partial charge in [0.1, 0.15) is 6.04 Å². The van der Waals surface area contributed by atoms with Crippen LogP contribution in [0.15, 0.2) is 24.3 Å². The van der Waals surface area contributed by atoms with Crippen molar-refractivity contribution < 1.29 is 14.7 Å². The van der Waals surface area contributed by atoms with E-state index in [0.29, 0.717) is 18.7 Å². The summed E-state index contributed by atoms with van der Waals surface area (Å²) in [6.07, 6.45) is 0.235. The van der Waals surface area contributed by atoms with Crippen LogP contribution in [-0.4, -0.2) is 52.5 Å². The molecule has 126 valence electrons. The zero-order valence-electron chi connectivity index (χ0n) is 13.9. The van der Waals surface area contributed by atoms with E-state index in [1.165, 1.54) is 0 Å². The van der Waals surface area contributed by atoms with E-state index in [9.17, 15) is 14.7 Å². The smallest absolute Gasteiger partial charge is 0.255 e. The van der Waals surface area contributed by atoms with Crippen LogP contribution in [-0.2, 0) is 4.79 Å². The van der Waals surface area contributed by atoms with Crippen LogP contribution in [0.25, 0.3) is 10.9 Å². The monoisotopic (exact) mass is 327 g/mol. The minimum absolute atomic E-state index is 0.142. The summed E-state index contributed by atoms with van der Waals surface area (Å²) in [5.74, 6) is -0.403. The van der Waals surface area contributed by atoms with Crippen molar-refractivity contribution in [2.45, 2.75) is 26.3 Å². The van der Waals surface area contributed by atoms with Gasteiger partial charge >= 0.3 is 0 Å². The third-order valence-electron chi connectivity index (χ3n) is 4.32. The van der Waals surface area contributed by atoms with Crippen LogP contribution >= 0.6 is 0 Å². The molecule has 6 nitrogen and oxygen atoms in total. The number of aliphatic hydroxyl groups is 1. The molecule has 2 heterocycles. The van der Waals surface area contributed by atoms with Gasteiger partial charge in [-0.3, -0.25) is 14.6 Å². The first kappa shape index (κ1) is 16.4. The van der Waals surface area contributed by atoms with E-state index in [1.807, 2.05) is 32.0 Å². The molecule has 0 radical (unpaired) electrons. The number of hydrogen-bond acceptors (Lipinski definition) is 4. The molecule has 0 aliphatic carbocycles. The summed E-state index contributed by atoms with van der Waals surface area (Å²) in [6.45, 7) is 4.54. The Morgan fingerprint density at radius 3 is 2.92 bits per heavy atom. The number of nitrogens with zero attached hydrogens (tertiary/aromatic N) is 2. The Labute approximate surface area is 140 Å². The van der Waals surface area contributed by atoms with Crippen molar-refractivity contribution in [2.24, 2.45) is 0 Å². The summed E-state index contributed by atoms with van der Waals surface area (Å²) in [4.78, 5) is 31.3. The largest absolute Gasteiger partial charge is 0.396 e. The lowest BCUT2D eigenvalue weighted by atomic mass is 10.0. The Morgan fingerprint density at radius 2 is 2.17 bits per heavy atom. The van der Waals surface area contributed by atoms with Gasteiger partial charge in [0, 0.05) is 30.8 Å². The van der Waals surface area contributed by atoms with Crippen molar-refractivity contribution in [2.75, 3.05) is 19.7 Å². The van der Waals surface area contributed by atoms with E-state index >= 15 is 0 Å². The first-order valence-corrected chi connectivity index (χ1v) is 8.09. The number of hydrogen-bond donors (Lipinski definition) is 2. The Bertz CT molecular complexity index is 803. The fraction of sp³-hybridized carbons (Fsp3) is 0.389. The van der Waals surface area contributed by atoms with E-state index in [0.717, 1.165) is 22.2 Å². The van der Waals surface area contributed by atoms with Gasteiger partial charge in [-0.25, -0.2) is 0 Å². The molecule has 2 aromatic rings. The number of aryl methyl sites for hydroxylation is 2. The van der Waals surface area contributed by atoms with E-state index in [1.54, 1.807) is 11.0 Å². The Morgan fingerprint density at radius 1 is 1.38 bits per heavy atom. The third-order valence-corrected chi connectivity index (χ3v) is 4.32. The first-order valence-electron chi connectivity index (χ1n) is 8.09. The van der Waals surface area contributed by atoms with E-state index in [2.05, 4.69) is 10.3 Å². The summed E-state index contributed by atoms with van der Waals surface area (Å²) in [7, 11) is 0. The predicted octanol–water partition coefficient (Wildman–Crippen LogP) is 1.17. The molecule has 1 aromatic heterocycles. The van der Waals surface area contributed by atoms with Crippen LogP contribution < -0.4 is 5.32 Å². The molecule has 1 aliphatic rings. The minimum Gasteiger partial charge on any atom is -0.396 e. The quantitative estimate of drug-likeness (QED) is 0.887. The molecule has 6 heteroatoms. The zero-order valence-corrected chi connectivity index (χ0v) is 13.9. The van der Waals surface area contributed by atoms with Gasteiger partial charge in [0.2, 0.25) is 5.91 Å². The second-order valence-corrected chi connectivity index (χ2v) is 6.15. The normalized spacial score (nSPS) is 17.9. The van der Waals surface area contributed by atoms with Gasteiger partial charge in [0.15, 0.2) is 0 Å². The standard InChI is InChI=1S/C18H21N3O3/c1-11-3-4-15-13(9-11)14(10-12(2)20-15)18(24)21-7-6-19-17(23)16(21)5-8-22/h3-4,9-10,16,22H,5-8H2,1-2H3,(H,19,23)/t16-/m0/s1. The molecular formula is C18H21N3O3. The molecule has 1 fully saturated rings. The zero-order chi connectivity index (χ0) is 17.3. The number of benzene rings is 1. The number of nitrogens with one attached hydrogen (secondary N) is 1. The average molecular weight is 327 g/mol. The highest BCUT2D eigenvalue weighted by Gasteiger charge is 2.33. The Balaban J connectivity index is 2.07.